The maximum Gasteiger partial charge on any atom is 1.00 e. The summed E-state index contributed by atoms with van der Waals surface area (Å²) in [6.07, 6.45) is 0. The van der Waals surface area contributed by atoms with Crippen LogP contribution in [-0.2, 0) is 4.79 Å². The third-order valence-electron chi connectivity index (χ3n) is 0.939. The standard InChI is InChI=1S/C5H11NO2.Na/c1-3-6(2)4-5(7)8;/h3-4H2,1-2H3,(H,7,8);/q;+1/p-1. The smallest absolute Gasteiger partial charge is 0.549 e. The van der Waals surface area contributed by atoms with Crippen molar-refractivity contribution in [1.29, 1.82) is 0 Å². The molecule has 0 fully saturated rings. The molecule has 0 aliphatic heterocycles. The Morgan fingerprint density at radius 2 is 2.11 bits per heavy atom. The van der Waals surface area contributed by atoms with Gasteiger partial charge in [-0.3, -0.25) is 0 Å². The Hall–Kier alpha value is 0.430. The molecule has 0 aromatic rings. The van der Waals surface area contributed by atoms with E-state index in [2.05, 4.69) is 0 Å². The second-order valence-electron chi connectivity index (χ2n) is 1.70. The summed E-state index contributed by atoms with van der Waals surface area (Å²) in [6.45, 7) is 2.66. The minimum absolute atomic E-state index is 0. The number of carbonyl (C=O) groups is 1. The van der Waals surface area contributed by atoms with Crippen LogP contribution in [0.4, 0.5) is 0 Å². The van der Waals surface area contributed by atoms with Gasteiger partial charge in [0.1, 0.15) is 0 Å². The van der Waals surface area contributed by atoms with Crippen LogP contribution in [0.25, 0.3) is 0 Å². The van der Waals surface area contributed by atoms with Crippen LogP contribution in [0, 0.1) is 0 Å². The van der Waals surface area contributed by atoms with E-state index < -0.39 is 5.97 Å². The molecule has 0 unspecified atom stereocenters. The predicted octanol–water partition coefficient (Wildman–Crippen LogP) is -4.31. The van der Waals surface area contributed by atoms with Gasteiger partial charge in [0.15, 0.2) is 0 Å². The average Bonchev–Trinajstić information content (AvgIpc) is 1.65. The summed E-state index contributed by atoms with van der Waals surface area (Å²) in [6, 6.07) is 0. The van der Waals surface area contributed by atoms with Crippen molar-refractivity contribution in [2.45, 2.75) is 6.92 Å². The van der Waals surface area contributed by atoms with Crippen molar-refractivity contribution >= 4 is 5.97 Å². The molecule has 0 saturated heterocycles. The molecular formula is C5H10NNaO2. The van der Waals surface area contributed by atoms with Crippen LogP contribution in [0.15, 0.2) is 0 Å². The van der Waals surface area contributed by atoms with E-state index in [0.29, 0.717) is 0 Å². The molecular weight excluding hydrogens is 129 g/mol. The summed E-state index contributed by atoms with van der Waals surface area (Å²) in [7, 11) is 1.73. The Morgan fingerprint density at radius 3 is 2.22 bits per heavy atom. The minimum atomic E-state index is -1.02. The number of aliphatic carboxylic acids is 1. The number of carboxylic acids is 1. The van der Waals surface area contributed by atoms with E-state index in [1.165, 1.54) is 0 Å². The van der Waals surface area contributed by atoms with E-state index in [9.17, 15) is 9.90 Å². The van der Waals surface area contributed by atoms with Gasteiger partial charge in [-0.1, -0.05) is 6.92 Å². The molecule has 0 aromatic heterocycles. The molecule has 0 heterocycles. The molecule has 0 aromatic carbocycles. The largest absolute Gasteiger partial charge is 1.00 e. The number of likely N-dealkylation sites (N-methyl/N-ethyl adjacent to an activating group) is 1. The Kier molecular flexibility index (Phi) is 8.83. The quantitative estimate of drug-likeness (QED) is 0.371. The Morgan fingerprint density at radius 1 is 1.67 bits per heavy atom. The number of rotatable bonds is 3. The van der Waals surface area contributed by atoms with Gasteiger partial charge in [0.05, 0.1) is 5.97 Å². The summed E-state index contributed by atoms with van der Waals surface area (Å²) in [5, 5.41) is 9.82. The molecule has 0 aliphatic rings. The van der Waals surface area contributed by atoms with Gasteiger partial charge >= 0.3 is 29.6 Å². The summed E-state index contributed by atoms with van der Waals surface area (Å²) in [5.74, 6) is -1.02. The molecule has 0 bridgehead atoms. The number of nitrogens with zero attached hydrogens (tertiary/aromatic N) is 1. The molecule has 0 amide bonds. The van der Waals surface area contributed by atoms with Crippen molar-refractivity contribution in [1.82, 2.24) is 4.90 Å². The van der Waals surface area contributed by atoms with E-state index in [-0.39, 0.29) is 36.1 Å². The fourth-order valence-electron chi connectivity index (χ4n) is 0.332. The van der Waals surface area contributed by atoms with Gasteiger partial charge in [-0.25, -0.2) is 0 Å². The van der Waals surface area contributed by atoms with Gasteiger partial charge in [0.25, 0.3) is 0 Å². The SMILES string of the molecule is CCN(C)CC(=O)[O-].[Na+]. The number of hydrogen-bond acceptors (Lipinski definition) is 3. The van der Waals surface area contributed by atoms with Gasteiger partial charge in [-0.2, -0.15) is 0 Å². The van der Waals surface area contributed by atoms with E-state index in [1.54, 1.807) is 11.9 Å². The second-order valence-corrected chi connectivity index (χ2v) is 1.70. The van der Waals surface area contributed by atoms with Gasteiger partial charge < -0.3 is 14.8 Å². The topological polar surface area (TPSA) is 43.4 Å². The van der Waals surface area contributed by atoms with Crippen molar-refractivity contribution in [3.63, 3.8) is 0 Å². The first-order chi connectivity index (χ1) is 3.66. The van der Waals surface area contributed by atoms with Crippen molar-refractivity contribution < 1.29 is 39.5 Å². The molecule has 3 nitrogen and oxygen atoms in total. The monoisotopic (exact) mass is 139 g/mol. The Labute approximate surface area is 77.3 Å². The zero-order chi connectivity index (χ0) is 6.57. The van der Waals surface area contributed by atoms with Crippen LogP contribution >= 0.6 is 0 Å². The summed E-state index contributed by atoms with van der Waals surface area (Å²) < 4.78 is 0. The molecule has 9 heavy (non-hydrogen) atoms. The normalized spacial score (nSPS) is 8.78. The van der Waals surface area contributed by atoms with E-state index in [0.717, 1.165) is 6.54 Å². The first kappa shape index (κ1) is 12.1. The van der Waals surface area contributed by atoms with Gasteiger partial charge in [-0.05, 0) is 13.6 Å². The first-order valence-electron chi connectivity index (χ1n) is 2.55. The number of hydrogen-bond donors (Lipinski definition) is 0. The fourth-order valence-corrected chi connectivity index (χ4v) is 0.332. The van der Waals surface area contributed by atoms with Crippen LogP contribution in [0.3, 0.4) is 0 Å². The minimum Gasteiger partial charge on any atom is -0.549 e. The van der Waals surface area contributed by atoms with Crippen molar-refractivity contribution in [2.75, 3.05) is 20.1 Å². The fraction of sp³-hybridized carbons (Fsp3) is 0.800. The Bertz CT molecular complexity index is 87.0. The Balaban J connectivity index is 0. The predicted molar refractivity (Wildman–Crippen MR) is 28.2 cm³/mol. The van der Waals surface area contributed by atoms with Gasteiger partial charge in [-0.15, -0.1) is 0 Å². The van der Waals surface area contributed by atoms with Crippen molar-refractivity contribution in [3.8, 4) is 0 Å². The van der Waals surface area contributed by atoms with Crippen LogP contribution < -0.4 is 34.7 Å². The van der Waals surface area contributed by atoms with Crippen molar-refractivity contribution in [3.05, 3.63) is 0 Å². The molecule has 0 aliphatic carbocycles. The zero-order valence-corrected chi connectivity index (χ0v) is 8.18. The third kappa shape index (κ3) is 8.43. The van der Waals surface area contributed by atoms with Crippen LogP contribution in [0.2, 0.25) is 0 Å². The molecule has 0 N–H and O–H groups in total. The van der Waals surface area contributed by atoms with E-state index >= 15 is 0 Å². The van der Waals surface area contributed by atoms with Crippen LogP contribution in [-0.4, -0.2) is 31.0 Å². The molecule has 0 saturated carbocycles. The summed E-state index contributed by atoms with van der Waals surface area (Å²) in [5.41, 5.74) is 0. The summed E-state index contributed by atoms with van der Waals surface area (Å²) >= 11 is 0. The maximum atomic E-state index is 9.82. The second kappa shape index (κ2) is 6.55. The number of carbonyl (C=O) groups excluding carboxylic acids is 1. The van der Waals surface area contributed by atoms with Crippen molar-refractivity contribution in [2.24, 2.45) is 0 Å². The van der Waals surface area contributed by atoms with Gasteiger partial charge in [0.2, 0.25) is 0 Å². The van der Waals surface area contributed by atoms with E-state index in [1.807, 2.05) is 6.92 Å². The molecule has 0 spiro atoms. The van der Waals surface area contributed by atoms with Crippen LogP contribution in [0.1, 0.15) is 6.92 Å². The molecule has 48 valence electrons. The molecule has 0 rings (SSSR count). The third-order valence-corrected chi connectivity index (χ3v) is 0.939. The first-order valence-corrected chi connectivity index (χ1v) is 2.55. The zero-order valence-electron chi connectivity index (χ0n) is 6.18. The van der Waals surface area contributed by atoms with E-state index in [4.69, 9.17) is 0 Å². The van der Waals surface area contributed by atoms with Gasteiger partial charge in [0, 0.05) is 6.54 Å². The molecule has 4 heteroatoms. The molecule has 0 radical (unpaired) electrons. The summed E-state index contributed by atoms with van der Waals surface area (Å²) in [4.78, 5) is 11.5. The average molecular weight is 139 g/mol. The van der Waals surface area contributed by atoms with Crippen LogP contribution in [0.5, 0.6) is 0 Å². The maximum absolute atomic E-state index is 9.82. The molecule has 0 atom stereocenters. The number of carboxylic acid groups (broad SMARTS) is 1.